The first-order chi connectivity index (χ1) is 8.07. The molecule has 1 fully saturated rings. The molecule has 0 amide bonds. The van der Waals surface area contributed by atoms with Crippen molar-refractivity contribution >= 4 is 11.6 Å². The largest absolute Gasteiger partial charge is 0.387 e. The van der Waals surface area contributed by atoms with Gasteiger partial charge in [0.25, 0.3) is 0 Å². The molecule has 2 rings (SSSR count). The fraction of sp³-hybridized carbons (Fsp3) is 0.417. The summed E-state index contributed by atoms with van der Waals surface area (Å²) in [5.41, 5.74) is -0.695. The highest BCUT2D eigenvalue weighted by Crippen LogP contribution is 2.41. The molecular formula is C12H11ClFNO2. The number of aliphatic hydroxyl groups is 1. The molecular weight excluding hydrogens is 245 g/mol. The van der Waals surface area contributed by atoms with E-state index in [9.17, 15) is 14.8 Å². The molecule has 0 bridgehead atoms. The first kappa shape index (κ1) is 12.3. The minimum atomic E-state index is -1.09. The van der Waals surface area contributed by atoms with Gasteiger partial charge in [-0.1, -0.05) is 11.6 Å². The van der Waals surface area contributed by atoms with Crippen LogP contribution in [0.3, 0.4) is 0 Å². The predicted molar refractivity (Wildman–Crippen MR) is 59.9 cm³/mol. The van der Waals surface area contributed by atoms with Crippen LogP contribution in [0.15, 0.2) is 18.2 Å². The van der Waals surface area contributed by atoms with E-state index >= 15 is 0 Å². The molecule has 1 saturated heterocycles. The van der Waals surface area contributed by atoms with Crippen molar-refractivity contribution in [2.45, 2.75) is 12.5 Å². The van der Waals surface area contributed by atoms with Crippen LogP contribution in [0.1, 0.15) is 18.1 Å². The van der Waals surface area contributed by atoms with Gasteiger partial charge in [0.05, 0.1) is 12.7 Å². The van der Waals surface area contributed by atoms with Crippen molar-refractivity contribution in [1.29, 1.82) is 5.26 Å². The Morgan fingerprint density at radius 1 is 1.53 bits per heavy atom. The molecule has 0 aliphatic carbocycles. The second kappa shape index (κ2) is 4.61. The van der Waals surface area contributed by atoms with Gasteiger partial charge in [-0.25, -0.2) is 4.39 Å². The van der Waals surface area contributed by atoms with Crippen LogP contribution in [0, 0.1) is 22.6 Å². The van der Waals surface area contributed by atoms with E-state index in [0.717, 1.165) is 6.07 Å². The second-order valence-corrected chi connectivity index (χ2v) is 4.61. The summed E-state index contributed by atoms with van der Waals surface area (Å²) in [4.78, 5) is 0. The third-order valence-electron chi connectivity index (χ3n) is 3.00. The van der Waals surface area contributed by atoms with E-state index < -0.39 is 17.3 Å². The summed E-state index contributed by atoms with van der Waals surface area (Å²) >= 11 is 5.72. The summed E-state index contributed by atoms with van der Waals surface area (Å²) in [5.74, 6) is -0.529. The van der Waals surface area contributed by atoms with E-state index in [-0.39, 0.29) is 11.6 Å². The Morgan fingerprint density at radius 2 is 2.29 bits per heavy atom. The zero-order valence-electron chi connectivity index (χ0n) is 8.99. The van der Waals surface area contributed by atoms with Crippen LogP contribution < -0.4 is 0 Å². The number of aliphatic hydroxyl groups excluding tert-OH is 1. The Morgan fingerprint density at radius 3 is 2.82 bits per heavy atom. The lowest BCUT2D eigenvalue weighted by molar-refractivity contribution is 0.0502. The Labute approximate surface area is 103 Å². The lowest BCUT2D eigenvalue weighted by Gasteiger charge is -2.25. The van der Waals surface area contributed by atoms with E-state index in [2.05, 4.69) is 6.07 Å². The smallest absolute Gasteiger partial charge is 0.125 e. The molecule has 2 unspecified atom stereocenters. The molecule has 1 aromatic carbocycles. The van der Waals surface area contributed by atoms with Crippen molar-refractivity contribution in [3.63, 3.8) is 0 Å². The van der Waals surface area contributed by atoms with Crippen molar-refractivity contribution < 1.29 is 14.2 Å². The summed E-state index contributed by atoms with van der Waals surface area (Å²) in [7, 11) is 0. The molecule has 0 saturated carbocycles. The van der Waals surface area contributed by atoms with Gasteiger partial charge >= 0.3 is 0 Å². The van der Waals surface area contributed by atoms with Gasteiger partial charge in [-0.05, 0) is 30.2 Å². The van der Waals surface area contributed by atoms with Crippen LogP contribution in [0.2, 0.25) is 5.02 Å². The third-order valence-corrected chi connectivity index (χ3v) is 3.22. The van der Waals surface area contributed by atoms with Gasteiger partial charge in [0, 0.05) is 11.6 Å². The summed E-state index contributed by atoms with van der Waals surface area (Å²) in [6.07, 6.45) is -0.665. The Kier molecular flexibility index (Phi) is 3.34. The highest BCUT2D eigenvalue weighted by atomic mass is 35.5. The molecule has 90 valence electrons. The van der Waals surface area contributed by atoms with Crippen LogP contribution in [0.5, 0.6) is 0 Å². The van der Waals surface area contributed by atoms with Gasteiger partial charge < -0.3 is 9.84 Å². The van der Waals surface area contributed by atoms with Gasteiger partial charge in [-0.15, -0.1) is 0 Å². The second-order valence-electron chi connectivity index (χ2n) is 4.18. The Balaban J connectivity index is 2.36. The molecule has 0 spiro atoms. The van der Waals surface area contributed by atoms with Crippen molar-refractivity contribution in [3.05, 3.63) is 34.6 Å². The van der Waals surface area contributed by atoms with Gasteiger partial charge in [0.15, 0.2) is 0 Å². The topological polar surface area (TPSA) is 53.2 Å². The van der Waals surface area contributed by atoms with Crippen LogP contribution in [-0.4, -0.2) is 18.3 Å². The zero-order valence-corrected chi connectivity index (χ0v) is 9.75. The maximum absolute atomic E-state index is 13.2. The van der Waals surface area contributed by atoms with Gasteiger partial charge in [-0.3, -0.25) is 0 Å². The quantitative estimate of drug-likeness (QED) is 0.883. The predicted octanol–water partition coefficient (Wildman–Crippen LogP) is 2.44. The van der Waals surface area contributed by atoms with E-state index in [1.165, 1.54) is 12.1 Å². The highest BCUT2D eigenvalue weighted by Gasteiger charge is 2.43. The van der Waals surface area contributed by atoms with E-state index in [1.54, 1.807) is 0 Å². The number of ether oxygens (including phenoxy) is 1. The molecule has 2 atom stereocenters. The molecule has 1 heterocycles. The van der Waals surface area contributed by atoms with Gasteiger partial charge in [0.1, 0.15) is 17.3 Å². The summed E-state index contributed by atoms with van der Waals surface area (Å²) in [6.45, 7) is 0.576. The first-order valence-corrected chi connectivity index (χ1v) is 5.58. The zero-order chi connectivity index (χ0) is 12.5. The minimum absolute atomic E-state index is 0.152. The number of rotatable bonds is 2. The van der Waals surface area contributed by atoms with Gasteiger partial charge in [0.2, 0.25) is 0 Å². The van der Waals surface area contributed by atoms with E-state index in [1.807, 2.05) is 0 Å². The maximum Gasteiger partial charge on any atom is 0.125 e. The average Bonchev–Trinajstić information content (AvgIpc) is 2.76. The molecule has 5 heteroatoms. The molecule has 0 aromatic heterocycles. The van der Waals surface area contributed by atoms with E-state index in [0.29, 0.717) is 18.6 Å². The van der Waals surface area contributed by atoms with Crippen LogP contribution >= 0.6 is 11.6 Å². The highest BCUT2D eigenvalue weighted by molar-refractivity contribution is 6.30. The van der Waals surface area contributed by atoms with Crippen LogP contribution in [0.25, 0.3) is 0 Å². The summed E-state index contributed by atoms with van der Waals surface area (Å²) in [5, 5.41) is 19.6. The fourth-order valence-electron chi connectivity index (χ4n) is 2.00. The number of benzene rings is 1. The number of hydrogen-bond donors (Lipinski definition) is 1. The standard InChI is InChI=1S/C12H11ClFNO2/c13-9-3-8(4-10(14)5-9)11(16)12(6-15)1-2-17-7-12/h3-5,11,16H,1-2,7H2. The lowest BCUT2D eigenvalue weighted by Crippen LogP contribution is -2.27. The average molecular weight is 256 g/mol. The van der Waals surface area contributed by atoms with Crippen molar-refractivity contribution in [3.8, 4) is 6.07 Å². The first-order valence-electron chi connectivity index (χ1n) is 5.20. The summed E-state index contributed by atoms with van der Waals surface area (Å²) < 4.78 is 18.3. The number of nitrogens with zero attached hydrogens (tertiary/aromatic N) is 1. The molecule has 17 heavy (non-hydrogen) atoms. The SMILES string of the molecule is N#CC1(C(O)c2cc(F)cc(Cl)c2)CCOC1. The van der Waals surface area contributed by atoms with Crippen molar-refractivity contribution in [2.75, 3.05) is 13.2 Å². The molecule has 0 radical (unpaired) electrons. The van der Waals surface area contributed by atoms with Crippen LogP contribution in [-0.2, 0) is 4.74 Å². The third kappa shape index (κ3) is 2.27. The number of halogens is 2. The van der Waals surface area contributed by atoms with Crippen molar-refractivity contribution in [2.24, 2.45) is 5.41 Å². The normalized spacial score (nSPS) is 25.5. The Bertz CT molecular complexity index is 446. The molecule has 1 aromatic rings. The Hall–Kier alpha value is -1.15. The monoisotopic (exact) mass is 255 g/mol. The minimum Gasteiger partial charge on any atom is -0.387 e. The summed E-state index contributed by atoms with van der Waals surface area (Å²) in [6, 6.07) is 5.88. The fourth-order valence-corrected chi connectivity index (χ4v) is 2.23. The van der Waals surface area contributed by atoms with Gasteiger partial charge in [-0.2, -0.15) is 5.26 Å². The maximum atomic E-state index is 13.2. The van der Waals surface area contributed by atoms with E-state index in [4.69, 9.17) is 16.3 Å². The van der Waals surface area contributed by atoms with Crippen molar-refractivity contribution in [1.82, 2.24) is 0 Å². The molecule has 1 aliphatic rings. The molecule has 1 aliphatic heterocycles. The lowest BCUT2D eigenvalue weighted by atomic mass is 9.79. The molecule has 3 nitrogen and oxygen atoms in total. The number of hydrogen-bond acceptors (Lipinski definition) is 3. The van der Waals surface area contributed by atoms with Crippen LogP contribution in [0.4, 0.5) is 4.39 Å². The molecule has 1 N–H and O–H groups in total. The number of nitriles is 1.